The van der Waals surface area contributed by atoms with Crippen LogP contribution in [0.3, 0.4) is 0 Å². The molecule has 0 bridgehead atoms. The lowest BCUT2D eigenvalue weighted by atomic mass is 10.1. The molecule has 0 saturated carbocycles. The number of hydrogen-bond acceptors (Lipinski definition) is 3. The summed E-state index contributed by atoms with van der Waals surface area (Å²) in [6, 6.07) is 13.3. The van der Waals surface area contributed by atoms with Crippen LogP contribution in [0, 0.1) is 0 Å². The zero-order chi connectivity index (χ0) is 20.0. The first-order valence-corrected chi connectivity index (χ1v) is 8.45. The Balaban J connectivity index is 1.84. The minimum Gasteiger partial charge on any atom is -0.343 e. The van der Waals surface area contributed by atoms with Crippen LogP contribution < -0.4 is 5.32 Å². The number of benzene rings is 1. The van der Waals surface area contributed by atoms with E-state index in [9.17, 15) is 18.0 Å². The summed E-state index contributed by atoms with van der Waals surface area (Å²) in [4.78, 5) is 15.7. The van der Waals surface area contributed by atoms with Gasteiger partial charge in [0.2, 0.25) is 5.91 Å². The Morgan fingerprint density at radius 2 is 1.93 bits per heavy atom. The minimum atomic E-state index is -4.45. The fourth-order valence-electron chi connectivity index (χ4n) is 2.55. The van der Waals surface area contributed by atoms with Crippen molar-refractivity contribution < 1.29 is 18.0 Å². The van der Waals surface area contributed by atoms with E-state index in [2.05, 4.69) is 10.1 Å². The van der Waals surface area contributed by atoms with Crippen LogP contribution in [0.2, 0.25) is 0 Å². The summed E-state index contributed by atoms with van der Waals surface area (Å²) in [7, 11) is 0. The number of pyridine rings is 1. The van der Waals surface area contributed by atoms with Crippen molar-refractivity contribution in [1.29, 1.82) is 0 Å². The highest BCUT2D eigenvalue weighted by Crippen LogP contribution is 2.23. The van der Waals surface area contributed by atoms with Crippen LogP contribution >= 0.6 is 0 Å². The molecule has 144 valence electrons. The number of nitrogens with zero attached hydrogens (tertiary/aromatic N) is 3. The average Bonchev–Trinajstić information content (AvgIpc) is 3.08. The van der Waals surface area contributed by atoms with Gasteiger partial charge in [-0.2, -0.15) is 18.3 Å². The van der Waals surface area contributed by atoms with Crippen LogP contribution in [0.4, 0.5) is 13.2 Å². The Morgan fingerprint density at radius 3 is 2.61 bits per heavy atom. The number of alkyl halides is 3. The van der Waals surface area contributed by atoms with Crippen LogP contribution in [0.5, 0.6) is 0 Å². The molecule has 1 aromatic carbocycles. The smallest absolute Gasteiger partial charge is 0.343 e. The van der Waals surface area contributed by atoms with E-state index in [0.717, 1.165) is 17.2 Å². The number of halogens is 3. The quantitative estimate of drug-likeness (QED) is 0.658. The van der Waals surface area contributed by atoms with Crippen molar-refractivity contribution in [3.05, 3.63) is 78.3 Å². The number of carbonyl (C=O) groups excluding carboxylic acids is 1. The number of nitrogens with one attached hydrogen (secondary N) is 1. The van der Waals surface area contributed by atoms with E-state index < -0.39 is 18.6 Å². The molecule has 0 spiro atoms. The van der Waals surface area contributed by atoms with E-state index in [1.54, 1.807) is 29.3 Å². The zero-order valence-electron chi connectivity index (χ0n) is 14.7. The van der Waals surface area contributed by atoms with Gasteiger partial charge in [0.1, 0.15) is 12.2 Å². The van der Waals surface area contributed by atoms with Crippen molar-refractivity contribution in [2.75, 3.05) is 6.54 Å². The van der Waals surface area contributed by atoms with Gasteiger partial charge in [-0.15, -0.1) is 0 Å². The highest BCUT2D eigenvalue weighted by molar-refractivity contribution is 5.92. The van der Waals surface area contributed by atoms with Gasteiger partial charge in [-0.1, -0.05) is 30.3 Å². The second kappa shape index (κ2) is 8.51. The molecule has 0 aliphatic rings. The van der Waals surface area contributed by atoms with Crippen LogP contribution in [0.15, 0.2) is 67.1 Å². The van der Waals surface area contributed by atoms with Crippen molar-refractivity contribution in [1.82, 2.24) is 20.1 Å². The van der Waals surface area contributed by atoms with Crippen LogP contribution in [-0.4, -0.2) is 33.4 Å². The van der Waals surface area contributed by atoms with E-state index >= 15 is 0 Å². The summed E-state index contributed by atoms with van der Waals surface area (Å²) >= 11 is 0. The van der Waals surface area contributed by atoms with Gasteiger partial charge in [-0.3, -0.25) is 14.5 Å². The first kappa shape index (κ1) is 19.3. The molecule has 1 amide bonds. The van der Waals surface area contributed by atoms with Crippen molar-refractivity contribution in [2.45, 2.75) is 12.7 Å². The molecule has 0 atom stereocenters. The predicted molar refractivity (Wildman–Crippen MR) is 99.1 cm³/mol. The Bertz CT molecular complexity index is 951. The van der Waals surface area contributed by atoms with E-state index in [1.165, 1.54) is 6.08 Å². The van der Waals surface area contributed by atoms with Gasteiger partial charge in [0.25, 0.3) is 0 Å². The first-order chi connectivity index (χ1) is 13.4. The third-order valence-corrected chi connectivity index (χ3v) is 3.79. The molecule has 0 aliphatic carbocycles. The largest absolute Gasteiger partial charge is 0.405 e. The second-order valence-corrected chi connectivity index (χ2v) is 6.02. The van der Waals surface area contributed by atoms with E-state index in [1.807, 2.05) is 41.7 Å². The van der Waals surface area contributed by atoms with Gasteiger partial charge in [0.15, 0.2) is 0 Å². The topological polar surface area (TPSA) is 59.8 Å². The second-order valence-electron chi connectivity index (χ2n) is 6.02. The molecule has 28 heavy (non-hydrogen) atoms. The van der Waals surface area contributed by atoms with E-state index in [4.69, 9.17) is 0 Å². The lowest BCUT2D eigenvalue weighted by Crippen LogP contribution is -2.32. The summed E-state index contributed by atoms with van der Waals surface area (Å²) in [5, 5.41) is 6.36. The molecule has 5 nitrogen and oxygen atoms in total. The van der Waals surface area contributed by atoms with Gasteiger partial charge >= 0.3 is 6.18 Å². The average molecular weight is 386 g/mol. The Hall–Kier alpha value is -3.42. The molecular formula is C20H17F3N4O. The SMILES string of the molecule is O=C(/C=C/c1cn(Cc2ccccc2)nc1-c1cccnc1)NCC(F)(F)F. The number of carbonyl (C=O) groups is 1. The standard InChI is InChI=1S/C20H17F3N4O/c21-20(22,23)14-25-18(28)9-8-17-13-27(12-15-5-2-1-3-6-15)26-19(17)16-7-4-10-24-11-16/h1-11,13H,12,14H2,(H,25,28)/b9-8+. The highest BCUT2D eigenvalue weighted by Gasteiger charge is 2.27. The third-order valence-electron chi connectivity index (χ3n) is 3.79. The van der Waals surface area contributed by atoms with Gasteiger partial charge < -0.3 is 5.32 Å². The molecule has 2 heterocycles. The molecule has 0 unspecified atom stereocenters. The monoisotopic (exact) mass is 386 g/mol. The first-order valence-electron chi connectivity index (χ1n) is 8.45. The molecule has 2 aromatic heterocycles. The third kappa shape index (κ3) is 5.54. The van der Waals surface area contributed by atoms with E-state index in [0.29, 0.717) is 17.8 Å². The van der Waals surface area contributed by atoms with Gasteiger partial charge in [0.05, 0.1) is 6.54 Å². The molecule has 1 N–H and O–H groups in total. The summed E-state index contributed by atoms with van der Waals surface area (Å²) in [6.45, 7) is -0.860. The van der Waals surface area contributed by atoms with Gasteiger partial charge in [0, 0.05) is 35.8 Å². The molecule has 0 fully saturated rings. The molecule has 3 rings (SSSR count). The Morgan fingerprint density at radius 1 is 1.14 bits per heavy atom. The maximum Gasteiger partial charge on any atom is 0.405 e. The normalized spacial score (nSPS) is 11.7. The fourth-order valence-corrected chi connectivity index (χ4v) is 2.55. The summed E-state index contributed by atoms with van der Waals surface area (Å²) < 4.78 is 38.4. The Labute approximate surface area is 159 Å². The van der Waals surface area contributed by atoms with Crippen LogP contribution in [0.25, 0.3) is 17.3 Å². The lowest BCUT2D eigenvalue weighted by molar-refractivity contribution is -0.135. The van der Waals surface area contributed by atoms with Crippen molar-refractivity contribution >= 4 is 12.0 Å². The summed E-state index contributed by atoms with van der Waals surface area (Å²) in [5.41, 5.74) is 2.97. The van der Waals surface area contributed by atoms with Crippen molar-refractivity contribution in [2.24, 2.45) is 0 Å². The maximum absolute atomic E-state index is 12.2. The number of rotatable bonds is 6. The zero-order valence-corrected chi connectivity index (χ0v) is 14.7. The van der Waals surface area contributed by atoms with Crippen molar-refractivity contribution in [3.8, 4) is 11.3 Å². The number of hydrogen-bond donors (Lipinski definition) is 1. The molecule has 8 heteroatoms. The molecule has 3 aromatic rings. The highest BCUT2D eigenvalue weighted by atomic mass is 19.4. The number of aromatic nitrogens is 3. The van der Waals surface area contributed by atoms with Crippen LogP contribution in [0.1, 0.15) is 11.1 Å². The fraction of sp³-hybridized carbons (Fsp3) is 0.150. The maximum atomic E-state index is 12.2. The molecule has 0 radical (unpaired) electrons. The lowest BCUT2D eigenvalue weighted by Gasteiger charge is -2.05. The molecule has 0 saturated heterocycles. The molecular weight excluding hydrogens is 369 g/mol. The van der Waals surface area contributed by atoms with Gasteiger partial charge in [-0.25, -0.2) is 0 Å². The summed E-state index contributed by atoms with van der Waals surface area (Å²) in [5.74, 6) is -0.828. The number of amides is 1. The Kier molecular flexibility index (Phi) is 5.88. The summed E-state index contributed by atoms with van der Waals surface area (Å²) in [6.07, 6.45) is 3.06. The van der Waals surface area contributed by atoms with E-state index in [-0.39, 0.29) is 0 Å². The van der Waals surface area contributed by atoms with Gasteiger partial charge in [-0.05, 0) is 23.8 Å². The minimum absolute atomic E-state index is 0.516. The van der Waals surface area contributed by atoms with Crippen molar-refractivity contribution in [3.63, 3.8) is 0 Å². The predicted octanol–water partition coefficient (Wildman–Crippen LogP) is 3.69. The van der Waals surface area contributed by atoms with Crippen LogP contribution in [-0.2, 0) is 11.3 Å². The molecule has 0 aliphatic heterocycles.